The zero-order chi connectivity index (χ0) is 16.2. The molecule has 0 fully saturated rings. The summed E-state index contributed by atoms with van der Waals surface area (Å²) in [7, 11) is 1.64. The first-order valence-corrected chi connectivity index (χ1v) is 7.51. The Balaban J connectivity index is 1.66. The molecule has 3 aromatic rings. The molecule has 5 heteroatoms. The van der Waals surface area contributed by atoms with E-state index >= 15 is 0 Å². The van der Waals surface area contributed by atoms with Gasteiger partial charge in [-0.3, -0.25) is 4.79 Å². The van der Waals surface area contributed by atoms with E-state index in [4.69, 9.17) is 4.74 Å². The molecular formula is C18H19N3O2. The summed E-state index contributed by atoms with van der Waals surface area (Å²) in [5, 5.41) is 4.01. The molecule has 2 N–H and O–H groups in total. The number of nitrogens with one attached hydrogen (secondary N) is 2. The molecule has 0 aliphatic heterocycles. The van der Waals surface area contributed by atoms with Crippen LogP contribution in [0.25, 0.3) is 11.0 Å². The lowest BCUT2D eigenvalue weighted by Crippen LogP contribution is -2.28. The molecule has 1 aromatic carbocycles. The van der Waals surface area contributed by atoms with E-state index in [1.807, 2.05) is 49.5 Å². The predicted molar refractivity (Wildman–Crippen MR) is 89.3 cm³/mol. The Bertz CT molecular complexity index is 809. The van der Waals surface area contributed by atoms with Crippen LogP contribution in [-0.4, -0.2) is 23.0 Å². The second-order valence-corrected chi connectivity index (χ2v) is 5.45. The Morgan fingerprint density at radius 2 is 2.09 bits per heavy atom. The van der Waals surface area contributed by atoms with Crippen LogP contribution >= 0.6 is 0 Å². The highest BCUT2D eigenvalue weighted by Crippen LogP contribution is 2.19. The fourth-order valence-corrected chi connectivity index (χ4v) is 2.60. The molecule has 118 valence electrons. The van der Waals surface area contributed by atoms with E-state index in [2.05, 4.69) is 15.3 Å². The van der Waals surface area contributed by atoms with Crippen molar-refractivity contribution in [3.63, 3.8) is 0 Å². The topological polar surface area (TPSA) is 67.0 Å². The number of pyridine rings is 1. The van der Waals surface area contributed by atoms with Crippen LogP contribution in [-0.2, 0) is 11.2 Å². The summed E-state index contributed by atoms with van der Waals surface area (Å²) in [5.41, 5.74) is 2.80. The van der Waals surface area contributed by atoms with Crippen molar-refractivity contribution in [3.05, 3.63) is 59.9 Å². The third kappa shape index (κ3) is 3.34. The highest BCUT2D eigenvalue weighted by atomic mass is 16.5. The lowest BCUT2D eigenvalue weighted by molar-refractivity contribution is -0.121. The summed E-state index contributed by atoms with van der Waals surface area (Å²) in [6.07, 6.45) is 3.90. The Morgan fingerprint density at radius 1 is 1.30 bits per heavy atom. The van der Waals surface area contributed by atoms with Crippen molar-refractivity contribution in [2.75, 3.05) is 7.11 Å². The average Bonchev–Trinajstić information content (AvgIpc) is 2.98. The van der Waals surface area contributed by atoms with Crippen molar-refractivity contribution < 1.29 is 9.53 Å². The number of rotatable bonds is 5. The van der Waals surface area contributed by atoms with Crippen LogP contribution in [0.15, 0.2) is 48.8 Å². The molecule has 23 heavy (non-hydrogen) atoms. The highest BCUT2D eigenvalue weighted by Gasteiger charge is 2.12. The smallest absolute Gasteiger partial charge is 0.224 e. The molecule has 0 saturated heterocycles. The molecule has 0 bridgehead atoms. The van der Waals surface area contributed by atoms with Crippen molar-refractivity contribution in [3.8, 4) is 5.75 Å². The van der Waals surface area contributed by atoms with Crippen molar-refractivity contribution >= 4 is 16.9 Å². The van der Waals surface area contributed by atoms with Gasteiger partial charge in [-0.05, 0) is 42.3 Å². The summed E-state index contributed by atoms with van der Waals surface area (Å²) < 4.78 is 5.14. The molecular weight excluding hydrogens is 290 g/mol. The van der Waals surface area contributed by atoms with Gasteiger partial charge in [0.2, 0.25) is 5.91 Å². The maximum Gasteiger partial charge on any atom is 0.224 e. The predicted octanol–water partition coefficient (Wildman–Crippen LogP) is 2.99. The summed E-state index contributed by atoms with van der Waals surface area (Å²) in [6, 6.07) is 11.5. The van der Waals surface area contributed by atoms with Gasteiger partial charge in [0.05, 0.1) is 19.6 Å². The van der Waals surface area contributed by atoms with Gasteiger partial charge in [0, 0.05) is 17.8 Å². The molecule has 1 amide bonds. The number of hydrogen-bond acceptors (Lipinski definition) is 3. The van der Waals surface area contributed by atoms with Crippen molar-refractivity contribution in [2.45, 2.75) is 19.4 Å². The maximum absolute atomic E-state index is 12.3. The highest BCUT2D eigenvalue weighted by molar-refractivity contribution is 5.87. The molecule has 0 unspecified atom stereocenters. The minimum absolute atomic E-state index is 0.0157. The minimum Gasteiger partial charge on any atom is -0.497 e. The van der Waals surface area contributed by atoms with E-state index in [1.165, 1.54) is 0 Å². The molecule has 1 atom stereocenters. The quantitative estimate of drug-likeness (QED) is 0.761. The molecule has 0 aliphatic carbocycles. The first-order valence-electron chi connectivity index (χ1n) is 7.51. The van der Waals surface area contributed by atoms with E-state index in [1.54, 1.807) is 13.3 Å². The van der Waals surface area contributed by atoms with Crippen molar-refractivity contribution in [1.82, 2.24) is 15.3 Å². The average molecular weight is 309 g/mol. The lowest BCUT2D eigenvalue weighted by atomic mass is 10.1. The van der Waals surface area contributed by atoms with Gasteiger partial charge in [0.25, 0.3) is 0 Å². The molecule has 0 spiro atoms. The maximum atomic E-state index is 12.3. The number of carbonyl (C=O) groups excluding carboxylic acids is 1. The van der Waals surface area contributed by atoms with Gasteiger partial charge >= 0.3 is 0 Å². The molecule has 3 rings (SSSR count). The van der Waals surface area contributed by atoms with Gasteiger partial charge in [0.1, 0.15) is 11.4 Å². The minimum atomic E-state index is -0.0586. The lowest BCUT2D eigenvalue weighted by Gasteiger charge is -2.14. The fraction of sp³-hybridized carbons (Fsp3) is 0.222. The van der Waals surface area contributed by atoms with Crippen molar-refractivity contribution in [2.24, 2.45) is 0 Å². The fourth-order valence-electron chi connectivity index (χ4n) is 2.60. The molecule has 2 heterocycles. The zero-order valence-electron chi connectivity index (χ0n) is 13.2. The van der Waals surface area contributed by atoms with Gasteiger partial charge in [-0.15, -0.1) is 0 Å². The monoisotopic (exact) mass is 309 g/mol. The normalized spacial score (nSPS) is 12.1. The first kappa shape index (κ1) is 15.1. The van der Waals surface area contributed by atoms with Crippen LogP contribution in [0, 0.1) is 0 Å². The zero-order valence-corrected chi connectivity index (χ0v) is 13.2. The van der Waals surface area contributed by atoms with Gasteiger partial charge in [0.15, 0.2) is 0 Å². The van der Waals surface area contributed by atoms with Crippen molar-refractivity contribution in [1.29, 1.82) is 0 Å². The number of amides is 1. The Labute approximate surface area is 134 Å². The number of methoxy groups -OCH3 is 1. The Morgan fingerprint density at radius 3 is 2.83 bits per heavy atom. The van der Waals surface area contributed by atoms with Crippen LogP contribution in [0.4, 0.5) is 0 Å². The van der Waals surface area contributed by atoms with Crippen LogP contribution in [0.5, 0.6) is 5.75 Å². The summed E-state index contributed by atoms with van der Waals surface area (Å²) in [5.74, 6) is 0.789. The van der Waals surface area contributed by atoms with Crippen LogP contribution in [0.3, 0.4) is 0 Å². The SMILES string of the molecule is COc1ccc([C@H](C)NC(=O)Cc2c[nH]c3ncccc23)cc1. The second-order valence-electron chi connectivity index (χ2n) is 5.45. The number of aromatic nitrogens is 2. The number of aromatic amines is 1. The summed E-state index contributed by atoms with van der Waals surface area (Å²) in [4.78, 5) is 19.6. The Hall–Kier alpha value is -2.82. The number of hydrogen-bond donors (Lipinski definition) is 2. The van der Waals surface area contributed by atoms with Crippen LogP contribution in [0.1, 0.15) is 24.1 Å². The first-order chi connectivity index (χ1) is 11.2. The van der Waals surface area contributed by atoms with E-state index in [9.17, 15) is 4.79 Å². The second kappa shape index (κ2) is 6.52. The van der Waals surface area contributed by atoms with E-state index in [0.29, 0.717) is 6.42 Å². The number of carbonyl (C=O) groups is 1. The summed E-state index contributed by atoms with van der Waals surface area (Å²) in [6.45, 7) is 1.97. The number of benzene rings is 1. The third-order valence-electron chi connectivity index (χ3n) is 3.88. The molecule has 5 nitrogen and oxygen atoms in total. The van der Waals surface area contributed by atoms with Crippen LogP contribution in [0.2, 0.25) is 0 Å². The molecule has 2 aromatic heterocycles. The molecule has 0 radical (unpaired) electrons. The van der Waals surface area contributed by atoms with Gasteiger partial charge in [-0.25, -0.2) is 4.98 Å². The van der Waals surface area contributed by atoms with Gasteiger partial charge in [-0.2, -0.15) is 0 Å². The summed E-state index contributed by atoms with van der Waals surface area (Å²) >= 11 is 0. The number of H-pyrrole nitrogens is 1. The van der Waals surface area contributed by atoms with E-state index < -0.39 is 0 Å². The number of ether oxygens (including phenoxy) is 1. The van der Waals surface area contributed by atoms with E-state index in [-0.39, 0.29) is 11.9 Å². The molecule has 0 saturated carbocycles. The largest absolute Gasteiger partial charge is 0.497 e. The standard InChI is InChI=1S/C18H19N3O2/c1-12(13-5-7-15(23-2)8-6-13)21-17(22)10-14-11-20-18-16(14)4-3-9-19-18/h3-9,11-12H,10H2,1-2H3,(H,19,20)(H,21,22)/t12-/m0/s1. The number of fused-ring (bicyclic) bond motifs is 1. The van der Waals surface area contributed by atoms with E-state index in [0.717, 1.165) is 27.9 Å². The van der Waals surface area contributed by atoms with Crippen LogP contribution < -0.4 is 10.1 Å². The van der Waals surface area contributed by atoms with Gasteiger partial charge < -0.3 is 15.0 Å². The van der Waals surface area contributed by atoms with Gasteiger partial charge in [-0.1, -0.05) is 12.1 Å². The Kier molecular flexibility index (Phi) is 4.28. The number of nitrogens with zero attached hydrogens (tertiary/aromatic N) is 1. The third-order valence-corrected chi connectivity index (χ3v) is 3.88. The molecule has 0 aliphatic rings.